The molecule has 0 bridgehead atoms. The van der Waals surface area contributed by atoms with Crippen LogP contribution in [0, 0.1) is 17.0 Å². The molecule has 1 rings (SSSR count). The molecule has 0 aliphatic carbocycles. The topological polar surface area (TPSA) is 93.2 Å². The van der Waals surface area contributed by atoms with Gasteiger partial charge in [-0.3, -0.25) is 10.1 Å². The highest BCUT2D eigenvalue weighted by Crippen LogP contribution is 2.28. The number of rotatable bonds is 6. The van der Waals surface area contributed by atoms with Crippen molar-refractivity contribution in [1.29, 1.82) is 0 Å². The number of nitro groups is 1. The number of nitrogens with zero attached hydrogens (tertiary/aromatic N) is 3. The van der Waals surface area contributed by atoms with E-state index in [0.717, 1.165) is 0 Å². The van der Waals surface area contributed by atoms with E-state index in [9.17, 15) is 10.1 Å². The predicted octanol–water partition coefficient (Wildman–Crippen LogP) is 1.30. The minimum Gasteiger partial charge on any atom is -0.394 e. The van der Waals surface area contributed by atoms with Gasteiger partial charge >= 0.3 is 5.69 Å². The van der Waals surface area contributed by atoms with Gasteiger partial charge in [-0.2, -0.15) is 5.10 Å². The van der Waals surface area contributed by atoms with Gasteiger partial charge in [-0.05, 0) is 20.3 Å². The van der Waals surface area contributed by atoms with Crippen molar-refractivity contribution >= 4 is 11.5 Å². The first-order valence-electron chi connectivity index (χ1n) is 5.64. The zero-order valence-electron chi connectivity index (χ0n) is 10.3. The molecule has 0 saturated heterocycles. The Kier molecular flexibility index (Phi) is 4.45. The van der Waals surface area contributed by atoms with Gasteiger partial charge < -0.3 is 10.4 Å². The molecule has 0 aliphatic rings. The number of aliphatic hydroxyl groups excluding tert-OH is 1. The maximum absolute atomic E-state index is 11.0. The molecule has 0 amide bonds. The van der Waals surface area contributed by atoms with Crippen LogP contribution in [0.5, 0.6) is 0 Å². The number of aromatic nitrogens is 2. The maximum Gasteiger partial charge on any atom is 0.333 e. The van der Waals surface area contributed by atoms with Crippen LogP contribution in [0.1, 0.15) is 26.0 Å². The molecule has 0 aromatic carbocycles. The van der Waals surface area contributed by atoms with Crippen LogP contribution in [-0.4, -0.2) is 32.5 Å². The first-order chi connectivity index (χ1) is 8.04. The second-order valence-corrected chi connectivity index (χ2v) is 3.79. The second kappa shape index (κ2) is 5.62. The number of nitrogens with one attached hydrogen (secondary N) is 1. The van der Waals surface area contributed by atoms with E-state index in [0.29, 0.717) is 24.5 Å². The van der Waals surface area contributed by atoms with Crippen LogP contribution >= 0.6 is 0 Å². The minimum absolute atomic E-state index is 0.0150. The summed E-state index contributed by atoms with van der Waals surface area (Å²) in [5.41, 5.74) is 0.367. The number of aliphatic hydroxyl groups is 1. The third-order valence-electron chi connectivity index (χ3n) is 2.63. The average Bonchev–Trinajstić information content (AvgIpc) is 2.62. The number of hydrogen-bond donors (Lipinski definition) is 2. The molecule has 1 atom stereocenters. The first-order valence-corrected chi connectivity index (χ1v) is 5.64. The number of hydrogen-bond acceptors (Lipinski definition) is 5. The highest BCUT2D eigenvalue weighted by molar-refractivity contribution is 5.60. The monoisotopic (exact) mass is 242 g/mol. The van der Waals surface area contributed by atoms with Crippen molar-refractivity contribution in [3.63, 3.8) is 0 Å². The summed E-state index contributed by atoms with van der Waals surface area (Å²) in [5.74, 6) is 0.371. The van der Waals surface area contributed by atoms with E-state index in [1.54, 1.807) is 11.6 Å². The maximum atomic E-state index is 11.0. The van der Waals surface area contributed by atoms with E-state index in [4.69, 9.17) is 5.11 Å². The second-order valence-electron chi connectivity index (χ2n) is 3.79. The molecule has 7 nitrogen and oxygen atoms in total. The van der Waals surface area contributed by atoms with Gasteiger partial charge in [-0.1, -0.05) is 6.92 Å². The van der Waals surface area contributed by atoms with E-state index in [-0.39, 0.29) is 18.3 Å². The van der Waals surface area contributed by atoms with Crippen LogP contribution in [0.2, 0.25) is 0 Å². The molecule has 17 heavy (non-hydrogen) atoms. The van der Waals surface area contributed by atoms with E-state index >= 15 is 0 Å². The van der Waals surface area contributed by atoms with E-state index in [1.165, 1.54) is 0 Å². The lowest BCUT2D eigenvalue weighted by molar-refractivity contribution is -0.384. The smallest absolute Gasteiger partial charge is 0.333 e. The molecule has 0 spiro atoms. The Labute approximate surface area is 99.6 Å². The lowest BCUT2D eigenvalue weighted by Gasteiger charge is -2.15. The Bertz CT molecular complexity index is 399. The minimum atomic E-state index is -0.444. The average molecular weight is 242 g/mol. The molecule has 2 N–H and O–H groups in total. The van der Waals surface area contributed by atoms with Crippen molar-refractivity contribution in [2.24, 2.45) is 0 Å². The summed E-state index contributed by atoms with van der Waals surface area (Å²) in [6, 6.07) is -0.199. The fourth-order valence-corrected chi connectivity index (χ4v) is 1.63. The van der Waals surface area contributed by atoms with Gasteiger partial charge in [0.05, 0.1) is 17.6 Å². The Morgan fingerprint density at radius 2 is 2.24 bits per heavy atom. The van der Waals surface area contributed by atoms with Gasteiger partial charge in [-0.25, -0.2) is 4.68 Å². The molecule has 1 aromatic heterocycles. The summed E-state index contributed by atoms with van der Waals surface area (Å²) in [6.45, 7) is 5.84. The van der Waals surface area contributed by atoms with Crippen LogP contribution in [0.25, 0.3) is 0 Å². The molecular weight excluding hydrogens is 224 g/mol. The third-order valence-corrected chi connectivity index (χ3v) is 2.63. The Balaban J connectivity index is 3.14. The van der Waals surface area contributed by atoms with Crippen LogP contribution in [-0.2, 0) is 6.54 Å². The molecule has 1 aromatic rings. The summed E-state index contributed by atoms with van der Waals surface area (Å²) in [4.78, 5) is 10.5. The highest BCUT2D eigenvalue weighted by Gasteiger charge is 2.26. The summed E-state index contributed by atoms with van der Waals surface area (Å²) < 4.78 is 1.55. The molecule has 96 valence electrons. The predicted molar refractivity (Wildman–Crippen MR) is 64.1 cm³/mol. The zero-order chi connectivity index (χ0) is 13.0. The van der Waals surface area contributed by atoms with Gasteiger partial charge in [-0.15, -0.1) is 0 Å². The van der Waals surface area contributed by atoms with Crippen molar-refractivity contribution in [3.05, 3.63) is 15.8 Å². The Hall–Kier alpha value is -1.63. The molecule has 7 heteroatoms. The summed E-state index contributed by atoms with van der Waals surface area (Å²) in [5, 5.41) is 27.2. The van der Waals surface area contributed by atoms with Crippen molar-refractivity contribution in [2.75, 3.05) is 11.9 Å². The van der Waals surface area contributed by atoms with E-state index in [1.807, 2.05) is 13.8 Å². The van der Waals surface area contributed by atoms with Crippen molar-refractivity contribution in [3.8, 4) is 0 Å². The lowest BCUT2D eigenvalue weighted by Crippen LogP contribution is -2.24. The molecule has 1 unspecified atom stereocenters. The molecule has 0 fully saturated rings. The van der Waals surface area contributed by atoms with E-state index < -0.39 is 4.92 Å². The van der Waals surface area contributed by atoms with Crippen LogP contribution in [0.15, 0.2) is 0 Å². The van der Waals surface area contributed by atoms with E-state index in [2.05, 4.69) is 10.4 Å². The highest BCUT2D eigenvalue weighted by atomic mass is 16.6. The summed E-state index contributed by atoms with van der Waals surface area (Å²) in [7, 11) is 0. The summed E-state index contributed by atoms with van der Waals surface area (Å²) in [6.07, 6.45) is 0.682. The quantitative estimate of drug-likeness (QED) is 0.579. The van der Waals surface area contributed by atoms with Gasteiger partial charge in [0, 0.05) is 6.54 Å². The van der Waals surface area contributed by atoms with Crippen LogP contribution in [0.4, 0.5) is 11.5 Å². The van der Waals surface area contributed by atoms with Gasteiger partial charge in [0.25, 0.3) is 0 Å². The van der Waals surface area contributed by atoms with Crippen molar-refractivity contribution < 1.29 is 10.0 Å². The molecular formula is C10H18N4O3. The Morgan fingerprint density at radius 1 is 1.59 bits per heavy atom. The van der Waals surface area contributed by atoms with Crippen LogP contribution in [0.3, 0.4) is 0 Å². The zero-order valence-corrected chi connectivity index (χ0v) is 10.3. The number of anilines is 1. The van der Waals surface area contributed by atoms with Crippen LogP contribution < -0.4 is 5.32 Å². The molecule has 0 radical (unpaired) electrons. The largest absolute Gasteiger partial charge is 0.394 e. The van der Waals surface area contributed by atoms with Crippen molar-refractivity contribution in [2.45, 2.75) is 39.8 Å². The van der Waals surface area contributed by atoms with Crippen molar-refractivity contribution in [1.82, 2.24) is 9.78 Å². The molecule has 1 heterocycles. The molecule has 0 aliphatic heterocycles. The summed E-state index contributed by atoms with van der Waals surface area (Å²) >= 11 is 0. The first kappa shape index (κ1) is 13.4. The fraction of sp³-hybridized carbons (Fsp3) is 0.700. The fourth-order valence-electron chi connectivity index (χ4n) is 1.63. The van der Waals surface area contributed by atoms with Gasteiger partial charge in [0.15, 0.2) is 0 Å². The lowest BCUT2D eigenvalue weighted by atomic mass is 10.2. The number of aryl methyl sites for hydroxylation is 2. The Morgan fingerprint density at radius 3 is 2.65 bits per heavy atom. The molecule has 0 saturated carbocycles. The normalized spacial score (nSPS) is 12.5. The standard InChI is InChI=1S/C10H18N4O3/c1-4-8(6-15)11-10-9(14(16)17)7(3)12-13(10)5-2/h8,11,15H,4-6H2,1-3H3. The van der Waals surface area contributed by atoms with Gasteiger partial charge in [0.1, 0.15) is 5.69 Å². The van der Waals surface area contributed by atoms with Gasteiger partial charge in [0.2, 0.25) is 5.82 Å². The third kappa shape index (κ3) is 2.73. The SMILES string of the molecule is CCC(CO)Nc1c([N+](=O)[O-])c(C)nn1CC.